The number of aryl methyl sites for hydroxylation is 4. The first-order valence-electron chi connectivity index (χ1n) is 12.3. The lowest BCUT2D eigenvalue weighted by molar-refractivity contribution is 0.662. The number of fused-ring (bicyclic) bond motifs is 1. The Kier molecular flexibility index (Phi) is 17.4. The molecule has 0 unspecified atom stereocenters. The van der Waals surface area contributed by atoms with Crippen molar-refractivity contribution in [2.24, 2.45) is 0 Å². The van der Waals surface area contributed by atoms with Crippen molar-refractivity contribution in [1.29, 1.82) is 0 Å². The van der Waals surface area contributed by atoms with Crippen LogP contribution in [0, 0.1) is 13.8 Å². The van der Waals surface area contributed by atoms with E-state index in [1.165, 1.54) is 103 Å². The molecule has 0 atom stereocenters. The molecule has 0 aromatic heterocycles. The maximum absolute atomic E-state index is 2.52. The fourth-order valence-corrected chi connectivity index (χ4v) is 4.57. The second-order valence-electron chi connectivity index (χ2n) is 9.12. The summed E-state index contributed by atoms with van der Waals surface area (Å²) >= 11 is 0. The predicted octanol–water partition coefficient (Wildman–Crippen LogP) is 11.9. The Bertz CT molecular complexity index is 948. The molecular formula is C34H56. The van der Waals surface area contributed by atoms with Gasteiger partial charge < -0.3 is 0 Å². The topological polar surface area (TPSA) is 0 Å². The van der Waals surface area contributed by atoms with Gasteiger partial charge in [-0.3, -0.25) is 0 Å². The Labute approximate surface area is 214 Å². The second-order valence-corrected chi connectivity index (χ2v) is 9.12. The van der Waals surface area contributed by atoms with Gasteiger partial charge in [-0.25, -0.2) is 0 Å². The van der Waals surface area contributed by atoms with E-state index in [0.29, 0.717) is 0 Å². The zero-order chi connectivity index (χ0) is 21.3. The lowest BCUT2D eigenvalue weighted by Crippen LogP contribution is -1.98. The van der Waals surface area contributed by atoms with E-state index in [-0.39, 0.29) is 29.7 Å². The third-order valence-electron chi connectivity index (χ3n) is 6.47. The summed E-state index contributed by atoms with van der Waals surface area (Å²) in [4.78, 5) is 0. The van der Waals surface area contributed by atoms with E-state index >= 15 is 0 Å². The second kappa shape index (κ2) is 17.4. The Balaban J connectivity index is 0. The maximum atomic E-state index is 2.52. The summed E-state index contributed by atoms with van der Waals surface area (Å²) in [6, 6.07) is 18.8. The summed E-state index contributed by atoms with van der Waals surface area (Å²) in [5.41, 5.74) is 8.74. The van der Waals surface area contributed by atoms with Gasteiger partial charge in [0.2, 0.25) is 0 Å². The minimum atomic E-state index is 0. The average molecular weight is 465 g/mol. The SMILES string of the molecule is C.C.C.C.CCCCCCc1cc(-c2ccc3cc(C)ccc3c2)c(CCCCCC)cc1C. The number of unbranched alkanes of at least 4 members (excludes halogenated alkanes) is 6. The molecular weight excluding hydrogens is 408 g/mol. The Morgan fingerprint density at radius 3 is 1.71 bits per heavy atom. The molecule has 0 bridgehead atoms. The van der Waals surface area contributed by atoms with Crippen LogP contribution in [0.5, 0.6) is 0 Å². The van der Waals surface area contributed by atoms with Crippen LogP contribution >= 0.6 is 0 Å². The van der Waals surface area contributed by atoms with Gasteiger partial charge in [-0.15, -0.1) is 0 Å². The van der Waals surface area contributed by atoms with Gasteiger partial charge in [0.1, 0.15) is 0 Å². The van der Waals surface area contributed by atoms with Crippen LogP contribution in [-0.4, -0.2) is 0 Å². The van der Waals surface area contributed by atoms with Gasteiger partial charge in [0.25, 0.3) is 0 Å². The van der Waals surface area contributed by atoms with Crippen molar-refractivity contribution >= 4 is 10.8 Å². The minimum absolute atomic E-state index is 0. The lowest BCUT2D eigenvalue weighted by Gasteiger charge is -2.16. The molecule has 0 aliphatic rings. The molecule has 0 heteroatoms. The number of hydrogen-bond donors (Lipinski definition) is 0. The van der Waals surface area contributed by atoms with Crippen molar-refractivity contribution in [3.63, 3.8) is 0 Å². The van der Waals surface area contributed by atoms with Gasteiger partial charge in [-0.05, 0) is 84.2 Å². The molecule has 3 aromatic rings. The molecule has 34 heavy (non-hydrogen) atoms. The third kappa shape index (κ3) is 9.28. The molecule has 0 aliphatic carbocycles. The van der Waals surface area contributed by atoms with Crippen LogP contribution in [0.4, 0.5) is 0 Å². The molecule has 0 nitrogen and oxygen atoms in total. The van der Waals surface area contributed by atoms with E-state index in [0.717, 1.165) is 0 Å². The van der Waals surface area contributed by atoms with Gasteiger partial charge in [-0.1, -0.05) is 130 Å². The van der Waals surface area contributed by atoms with E-state index in [2.05, 4.69) is 76.2 Å². The molecule has 0 fully saturated rings. The molecule has 0 radical (unpaired) electrons. The van der Waals surface area contributed by atoms with Crippen LogP contribution in [-0.2, 0) is 12.8 Å². The summed E-state index contributed by atoms with van der Waals surface area (Å²) in [6.07, 6.45) is 13.0. The molecule has 0 N–H and O–H groups in total. The van der Waals surface area contributed by atoms with E-state index in [1.807, 2.05) is 0 Å². The monoisotopic (exact) mass is 464 g/mol. The highest BCUT2D eigenvalue weighted by atomic mass is 14.2. The van der Waals surface area contributed by atoms with Crippen molar-refractivity contribution in [3.05, 3.63) is 70.8 Å². The third-order valence-corrected chi connectivity index (χ3v) is 6.47. The van der Waals surface area contributed by atoms with Crippen LogP contribution in [0.1, 0.15) is 117 Å². The first kappa shape index (κ1) is 34.1. The zero-order valence-electron chi connectivity index (χ0n) is 19.7. The summed E-state index contributed by atoms with van der Waals surface area (Å²) in [7, 11) is 0. The van der Waals surface area contributed by atoms with Gasteiger partial charge in [0.05, 0.1) is 0 Å². The van der Waals surface area contributed by atoms with Crippen LogP contribution in [0.15, 0.2) is 48.5 Å². The van der Waals surface area contributed by atoms with Crippen molar-refractivity contribution in [2.45, 2.75) is 122 Å². The van der Waals surface area contributed by atoms with Crippen molar-refractivity contribution in [2.75, 3.05) is 0 Å². The van der Waals surface area contributed by atoms with E-state index in [9.17, 15) is 0 Å². The quantitative estimate of drug-likeness (QED) is 0.247. The van der Waals surface area contributed by atoms with Gasteiger partial charge in [0.15, 0.2) is 0 Å². The fraction of sp³-hybridized carbons (Fsp3) is 0.529. The minimum Gasteiger partial charge on any atom is -0.0776 e. The number of rotatable bonds is 11. The molecule has 0 spiro atoms. The molecule has 192 valence electrons. The first-order valence-corrected chi connectivity index (χ1v) is 12.3. The molecule has 3 aromatic carbocycles. The van der Waals surface area contributed by atoms with Crippen LogP contribution in [0.25, 0.3) is 21.9 Å². The van der Waals surface area contributed by atoms with Gasteiger partial charge in [0, 0.05) is 0 Å². The summed E-state index contributed by atoms with van der Waals surface area (Å²) < 4.78 is 0. The Morgan fingerprint density at radius 2 is 1.09 bits per heavy atom. The van der Waals surface area contributed by atoms with Crippen molar-refractivity contribution in [1.82, 2.24) is 0 Å². The van der Waals surface area contributed by atoms with E-state index in [4.69, 9.17) is 0 Å². The molecule has 0 amide bonds. The zero-order valence-corrected chi connectivity index (χ0v) is 19.7. The Morgan fingerprint density at radius 1 is 0.529 bits per heavy atom. The Hall–Kier alpha value is -2.08. The molecule has 0 aliphatic heterocycles. The maximum Gasteiger partial charge on any atom is -0.0149 e. The van der Waals surface area contributed by atoms with Crippen LogP contribution in [0.2, 0.25) is 0 Å². The lowest BCUT2D eigenvalue weighted by atomic mass is 9.89. The van der Waals surface area contributed by atoms with Gasteiger partial charge >= 0.3 is 0 Å². The average Bonchev–Trinajstić information content (AvgIpc) is 2.75. The molecule has 0 heterocycles. The van der Waals surface area contributed by atoms with E-state index in [1.54, 1.807) is 5.56 Å². The highest BCUT2D eigenvalue weighted by molar-refractivity contribution is 5.88. The number of hydrogen-bond acceptors (Lipinski definition) is 0. The van der Waals surface area contributed by atoms with E-state index < -0.39 is 0 Å². The fourth-order valence-electron chi connectivity index (χ4n) is 4.57. The molecule has 0 saturated heterocycles. The summed E-state index contributed by atoms with van der Waals surface area (Å²) in [5.74, 6) is 0. The van der Waals surface area contributed by atoms with Crippen molar-refractivity contribution < 1.29 is 0 Å². The summed E-state index contributed by atoms with van der Waals surface area (Å²) in [5, 5.41) is 2.69. The smallest absolute Gasteiger partial charge is 0.0149 e. The largest absolute Gasteiger partial charge is 0.0776 e. The standard InChI is InChI=1S/C30H40.4CH4/c1-5-7-9-11-13-25-22-30(28(20-24(25)4)14-12-10-8-6-2)29-18-17-26-19-23(3)15-16-27(26)21-29;;;;/h15-22H,5-14H2,1-4H3;4*1H4. The molecule has 0 saturated carbocycles. The van der Waals surface area contributed by atoms with Gasteiger partial charge in [-0.2, -0.15) is 0 Å². The summed E-state index contributed by atoms with van der Waals surface area (Å²) in [6.45, 7) is 9.07. The highest BCUT2D eigenvalue weighted by Gasteiger charge is 2.11. The number of benzene rings is 3. The molecule has 3 rings (SSSR count). The predicted molar refractivity (Wildman–Crippen MR) is 161 cm³/mol. The normalized spacial score (nSPS) is 10.0. The van der Waals surface area contributed by atoms with Crippen molar-refractivity contribution in [3.8, 4) is 11.1 Å². The van der Waals surface area contributed by atoms with Crippen LogP contribution < -0.4 is 0 Å². The highest BCUT2D eigenvalue weighted by Crippen LogP contribution is 2.32. The first-order chi connectivity index (χ1) is 14.6. The van der Waals surface area contributed by atoms with Crippen LogP contribution in [0.3, 0.4) is 0 Å².